The van der Waals surface area contributed by atoms with Gasteiger partial charge in [0.2, 0.25) is 17.7 Å². The van der Waals surface area contributed by atoms with Crippen LogP contribution in [-0.2, 0) is 32.6 Å². The van der Waals surface area contributed by atoms with Gasteiger partial charge in [-0.2, -0.15) is 0 Å². The number of amides is 3. The summed E-state index contributed by atoms with van der Waals surface area (Å²) >= 11 is 0. The summed E-state index contributed by atoms with van der Waals surface area (Å²) < 4.78 is 0. The predicted molar refractivity (Wildman–Crippen MR) is 126 cm³/mol. The average Bonchev–Trinajstić information content (AvgIpc) is 3.34. The van der Waals surface area contributed by atoms with Crippen molar-refractivity contribution in [3.8, 4) is 0 Å². The zero-order chi connectivity index (χ0) is 23.0. The maximum atomic E-state index is 13.8. The molecule has 0 unspecified atom stereocenters. The van der Waals surface area contributed by atoms with Gasteiger partial charge in [0.05, 0.1) is 11.5 Å². The van der Waals surface area contributed by atoms with E-state index >= 15 is 0 Å². The van der Waals surface area contributed by atoms with Gasteiger partial charge in [0.1, 0.15) is 6.04 Å². The Labute approximate surface area is 193 Å². The Morgan fingerprint density at radius 3 is 2.70 bits per heavy atom. The Balaban J connectivity index is 1.54. The average molecular weight is 447 g/mol. The number of hydrogen-bond acceptors (Lipinski definition) is 4. The summed E-state index contributed by atoms with van der Waals surface area (Å²) in [5.74, 6) is -0.898. The van der Waals surface area contributed by atoms with E-state index in [-0.39, 0.29) is 24.8 Å². The normalized spacial score (nSPS) is 27.2. The molecule has 33 heavy (non-hydrogen) atoms. The maximum absolute atomic E-state index is 13.8. The van der Waals surface area contributed by atoms with E-state index in [0.717, 1.165) is 42.5 Å². The number of anilines is 1. The zero-order valence-corrected chi connectivity index (χ0v) is 18.7. The second kappa shape index (κ2) is 8.63. The highest BCUT2D eigenvalue weighted by Crippen LogP contribution is 2.47. The molecule has 0 radical (unpaired) electrons. The molecule has 172 valence electrons. The topological polar surface area (TPSA) is 105 Å². The molecule has 4 bridgehead atoms. The predicted octanol–water partition coefficient (Wildman–Crippen LogP) is 1.89. The summed E-state index contributed by atoms with van der Waals surface area (Å²) in [5, 5.41) is 6.42. The quantitative estimate of drug-likeness (QED) is 0.670. The van der Waals surface area contributed by atoms with E-state index in [0.29, 0.717) is 13.0 Å². The Hall–Kier alpha value is -3.19. The molecule has 4 N–H and O–H groups in total. The molecular formula is C26H30N4O3. The van der Waals surface area contributed by atoms with Crippen molar-refractivity contribution < 1.29 is 14.4 Å². The second-order valence-corrected chi connectivity index (χ2v) is 9.51. The fourth-order valence-corrected chi connectivity index (χ4v) is 5.57. The lowest BCUT2D eigenvalue weighted by molar-refractivity contribution is -0.139. The highest BCUT2D eigenvalue weighted by atomic mass is 16.2. The summed E-state index contributed by atoms with van der Waals surface area (Å²) in [6.07, 6.45) is 4.73. The van der Waals surface area contributed by atoms with Crippen molar-refractivity contribution in [2.75, 3.05) is 18.4 Å². The van der Waals surface area contributed by atoms with Crippen LogP contribution in [0.1, 0.15) is 42.4 Å². The van der Waals surface area contributed by atoms with E-state index in [1.54, 1.807) is 4.90 Å². The molecule has 7 nitrogen and oxygen atoms in total. The summed E-state index contributed by atoms with van der Waals surface area (Å²) in [4.78, 5) is 41.1. The molecule has 0 saturated carbocycles. The van der Waals surface area contributed by atoms with Gasteiger partial charge in [-0.25, -0.2) is 0 Å². The second-order valence-electron chi connectivity index (χ2n) is 9.51. The van der Waals surface area contributed by atoms with E-state index in [1.807, 2.05) is 36.4 Å². The molecule has 0 aromatic heterocycles. The highest BCUT2D eigenvalue weighted by molar-refractivity contribution is 6.08. The lowest BCUT2D eigenvalue weighted by atomic mass is 9.78. The van der Waals surface area contributed by atoms with Crippen LogP contribution >= 0.6 is 0 Å². The number of hydrogen-bond donors (Lipinski definition) is 3. The van der Waals surface area contributed by atoms with Crippen molar-refractivity contribution >= 4 is 23.4 Å². The zero-order valence-electron chi connectivity index (χ0n) is 18.7. The smallest absolute Gasteiger partial charge is 0.240 e. The Kier molecular flexibility index (Phi) is 5.66. The van der Waals surface area contributed by atoms with Crippen LogP contribution in [-0.4, -0.2) is 47.8 Å². The molecule has 3 heterocycles. The number of primary amides is 1. The third kappa shape index (κ3) is 3.91. The number of carbonyl (C=O) groups excluding carboxylic acids is 3. The number of nitrogens with one attached hydrogen (secondary N) is 2. The number of aryl methyl sites for hydroxylation is 1. The third-order valence-corrected chi connectivity index (χ3v) is 7.37. The lowest BCUT2D eigenvalue weighted by Gasteiger charge is -2.29. The van der Waals surface area contributed by atoms with Gasteiger partial charge in [-0.3, -0.25) is 14.4 Å². The van der Waals surface area contributed by atoms with Gasteiger partial charge in [-0.05, 0) is 61.4 Å². The van der Waals surface area contributed by atoms with Crippen molar-refractivity contribution in [3.05, 3.63) is 65.2 Å². The van der Waals surface area contributed by atoms with E-state index in [9.17, 15) is 14.4 Å². The fourth-order valence-electron chi connectivity index (χ4n) is 5.57. The van der Waals surface area contributed by atoms with Gasteiger partial charge in [-0.15, -0.1) is 0 Å². The molecule has 0 aliphatic carbocycles. The van der Waals surface area contributed by atoms with Crippen LogP contribution in [0, 0.1) is 0 Å². The lowest BCUT2D eigenvalue weighted by Crippen LogP contribution is -2.53. The number of carbonyl (C=O) groups is 3. The molecule has 2 aromatic rings. The van der Waals surface area contributed by atoms with E-state index in [2.05, 4.69) is 22.8 Å². The number of rotatable bonds is 3. The number of nitrogens with zero attached hydrogens (tertiary/aromatic N) is 1. The van der Waals surface area contributed by atoms with Crippen molar-refractivity contribution in [3.63, 3.8) is 0 Å². The molecule has 3 atom stereocenters. The number of benzene rings is 2. The molecule has 2 aromatic carbocycles. The van der Waals surface area contributed by atoms with Crippen molar-refractivity contribution in [1.29, 1.82) is 0 Å². The minimum absolute atomic E-state index is 0.157. The van der Waals surface area contributed by atoms with E-state index in [4.69, 9.17) is 5.73 Å². The first-order valence-corrected chi connectivity index (χ1v) is 11.8. The third-order valence-electron chi connectivity index (χ3n) is 7.37. The van der Waals surface area contributed by atoms with Crippen LogP contribution in [0.5, 0.6) is 0 Å². The van der Waals surface area contributed by atoms with Gasteiger partial charge < -0.3 is 21.3 Å². The van der Waals surface area contributed by atoms with Crippen LogP contribution in [0.25, 0.3) is 0 Å². The summed E-state index contributed by atoms with van der Waals surface area (Å²) in [6.45, 7) is 0.878. The molecule has 5 rings (SSSR count). The maximum Gasteiger partial charge on any atom is 0.240 e. The Morgan fingerprint density at radius 1 is 1.09 bits per heavy atom. The Morgan fingerprint density at radius 2 is 1.91 bits per heavy atom. The monoisotopic (exact) mass is 446 g/mol. The molecule has 7 heteroatoms. The largest absolute Gasteiger partial charge is 0.368 e. The van der Waals surface area contributed by atoms with E-state index < -0.39 is 23.4 Å². The fraction of sp³-hybridized carbons (Fsp3) is 0.423. The van der Waals surface area contributed by atoms with Crippen LogP contribution in [0.4, 0.5) is 5.69 Å². The molecule has 3 aliphatic rings. The minimum atomic E-state index is -0.942. The first-order valence-electron chi connectivity index (χ1n) is 11.8. The van der Waals surface area contributed by atoms with Gasteiger partial charge in [-0.1, -0.05) is 48.9 Å². The molecular weight excluding hydrogens is 416 g/mol. The summed E-state index contributed by atoms with van der Waals surface area (Å²) in [5.41, 5.74) is 8.71. The van der Waals surface area contributed by atoms with Crippen molar-refractivity contribution in [2.45, 2.75) is 56.0 Å². The van der Waals surface area contributed by atoms with Crippen LogP contribution in [0.15, 0.2) is 48.5 Å². The van der Waals surface area contributed by atoms with Crippen LogP contribution < -0.4 is 16.4 Å². The first-order chi connectivity index (χ1) is 16.0. The summed E-state index contributed by atoms with van der Waals surface area (Å²) in [7, 11) is 0. The number of fused-ring (bicyclic) bond motifs is 2. The van der Waals surface area contributed by atoms with Gasteiger partial charge in [0, 0.05) is 12.2 Å². The molecule has 1 spiro atoms. The Bertz CT molecular complexity index is 1090. The first kappa shape index (κ1) is 21.6. The minimum Gasteiger partial charge on any atom is -0.368 e. The SMILES string of the molecule is NC(=O)[C@@H]1C[C@]23CN1C(=O)[C@H](Cc1ccccc1)NCCCCCc1ccc(c2c1)NC3=O. The van der Waals surface area contributed by atoms with Gasteiger partial charge in [0.15, 0.2) is 0 Å². The van der Waals surface area contributed by atoms with Crippen molar-refractivity contribution in [2.24, 2.45) is 5.73 Å². The van der Waals surface area contributed by atoms with Gasteiger partial charge in [0.25, 0.3) is 0 Å². The summed E-state index contributed by atoms with van der Waals surface area (Å²) in [6, 6.07) is 14.7. The van der Waals surface area contributed by atoms with Crippen molar-refractivity contribution in [1.82, 2.24) is 10.2 Å². The molecule has 3 aliphatic heterocycles. The van der Waals surface area contributed by atoms with Crippen LogP contribution in [0.3, 0.4) is 0 Å². The van der Waals surface area contributed by atoms with Crippen LogP contribution in [0.2, 0.25) is 0 Å². The highest BCUT2D eigenvalue weighted by Gasteiger charge is 2.57. The molecule has 1 saturated heterocycles. The van der Waals surface area contributed by atoms with Gasteiger partial charge >= 0.3 is 0 Å². The number of nitrogens with two attached hydrogens (primary N) is 1. The molecule has 1 fully saturated rings. The van der Waals surface area contributed by atoms with E-state index in [1.165, 1.54) is 5.56 Å². The standard InChI is InChI=1S/C26H30N4O3/c27-23(31)22-15-26-16-30(22)24(32)21(14-17-7-3-1-4-8-17)28-12-6-2-5-9-18-10-11-20(19(26)13-18)29-25(26)33/h1,3-4,7-8,10-11,13,21-22,28H,2,5-6,9,12,14-16H2,(H2,27,31)(H,29,33)/t21-,22-,26-/m0/s1. The molecule has 3 amide bonds.